The lowest BCUT2D eigenvalue weighted by Crippen LogP contribution is -2.45. The lowest BCUT2D eigenvalue weighted by molar-refractivity contribution is -0.134. The van der Waals surface area contributed by atoms with Gasteiger partial charge in [-0.3, -0.25) is 9.48 Å². The minimum Gasteiger partial charge on any atom is -0.346 e. The molecule has 1 saturated heterocycles. The highest BCUT2D eigenvalue weighted by molar-refractivity contribution is 6.30. The van der Waals surface area contributed by atoms with Gasteiger partial charge in [-0.2, -0.15) is 5.10 Å². The van der Waals surface area contributed by atoms with Crippen LogP contribution in [0.5, 0.6) is 0 Å². The van der Waals surface area contributed by atoms with Crippen LogP contribution in [0.2, 0.25) is 5.02 Å². The summed E-state index contributed by atoms with van der Waals surface area (Å²) < 4.78 is 3.92. The number of fused-ring (bicyclic) bond motifs is 3. The zero-order valence-electron chi connectivity index (χ0n) is 15.5. The number of carbonyl (C=O) groups excluding carboxylic acids is 1. The monoisotopic (exact) mass is 396 g/mol. The average Bonchev–Trinajstić information content (AvgIpc) is 3.40. The van der Waals surface area contributed by atoms with Crippen molar-refractivity contribution in [3.63, 3.8) is 0 Å². The number of halogens is 1. The highest BCUT2D eigenvalue weighted by Gasteiger charge is 2.31. The number of carbonyl (C=O) groups is 1. The highest BCUT2D eigenvalue weighted by Crippen LogP contribution is 2.33. The predicted octanol–water partition coefficient (Wildman–Crippen LogP) is 3.48. The first kappa shape index (κ1) is 17.3. The van der Waals surface area contributed by atoms with Gasteiger partial charge in [0, 0.05) is 48.6 Å². The van der Waals surface area contributed by atoms with E-state index in [0.29, 0.717) is 17.5 Å². The lowest BCUT2D eigenvalue weighted by atomic mass is 9.93. The van der Waals surface area contributed by atoms with Gasteiger partial charge in [-0.1, -0.05) is 18.5 Å². The van der Waals surface area contributed by atoms with Crippen LogP contribution in [0.15, 0.2) is 43.1 Å². The first-order valence-electron chi connectivity index (χ1n) is 9.48. The summed E-state index contributed by atoms with van der Waals surface area (Å²) >= 11 is 5.91. The van der Waals surface area contributed by atoms with Gasteiger partial charge >= 0.3 is 0 Å². The zero-order chi connectivity index (χ0) is 19.3. The lowest BCUT2D eigenvalue weighted by Gasteiger charge is -2.38. The summed E-state index contributed by atoms with van der Waals surface area (Å²) in [6.07, 6.45) is 10.2. The molecule has 1 aliphatic heterocycles. The van der Waals surface area contributed by atoms with E-state index < -0.39 is 0 Å². The molecule has 4 aromatic rings. The maximum absolute atomic E-state index is 12.8. The standard InChI is InChI=1S/C20H21ClN6O/c1-13-3-6-25(18(28)12-26-10-15(21)9-24-26)11-17(13)27-7-4-14-8-23-20-16(19(14)27)2-5-22-20/h2,4-5,7-10,13,17H,3,6,11-12H2,1H3,(H,22,23)/t13-,17+/m1/s1. The Bertz CT molecular complexity index is 1160. The number of piperidine rings is 1. The number of hydrogen-bond donors (Lipinski definition) is 1. The number of rotatable bonds is 3. The van der Waals surface area contributed by atoms with E-state index >= 15 is 0 Å². The van der Waals surface area contributed by atoms with Crippen LogP contribution in [0.1, 0.15) is 19.4 Å². The number of nitrogens with zero attached hydrogens (tertiary/aromatic N) is 5. The number of likely N-dealkylation sites (tertiary alicyclic amines) is 1. The number of nitrogens with one attached hydrogen (secondary N) is 1. The maximum Gasteiger partial charge on any atom is 0.244 e. The third kappa shape index (κ3) is 2.86. The predicted molar refractivity (Wildman–Crippen MR) is 108 cm³/mol. The fourth-order valence-electron chi connectivity index (χ4n) is 4.23. The van der Waals surface area contributed by atoms with E-state index in [-0.39, 0.29) is 18.5 Å². The topological polar surface area (TPSA) is 71.7 Å². The van der Waals surface area contributed by atoms with Crippen molar-refractivity contribution in [1.29, 1.82) is 0 Å². The van der Waals surface area contributed by atoms with Crippen molar-refractivity contribution in [1.82, 2.24) is 29.2 Å². The number of H-pyrrole nitrogens is 1. The fraction of sp³-hybridized carbons (Fsp3) is 0.350. The molecule has 8 heteroatoms. The van der Waals surface area contributed by atoms with Gasteiger partial charge in [-0.25, -0.2) is 4.98 Å². The van der Waals surface area contributed by atoms with E-state index in [4.69, 9.17) is 11.6 Å². The molecule has 0 spiro atoms. The molecule has 5 heterocycles. The second-order valence-corrected chi connectivity index (χ2v) is 7.99. The normalized spacial score (nSPS) is 20.3. The molecule has 28 heavy (non-hydrogen) atoms. The summed E-state index contributed by atoms with van der Waals surface area (Å²) in [6, 6.07) is 4.39. The van der Waals surface area contributed by atoms with Crippen LogP contribution in [0, 0.1) is 5.92 Å². The molecular formula is C20H21ClN6O. The van der Waals surface area contributed by atoms with Gasteiger partial charge in [-0.15, -0.1) is 0 Å². The third-order valence-electron chi connectivity index (χ3n) is 5.79. The summed E-state index contributed by atoms with van der Waals surface area (Å²) in [7, 11) is 0. The molecule has 0 unspecified atom stereocenters. The van der Waals surface area contributed by atoms with Gasteiger partial charge in [-0.05, 0) is 24.5 Å². The highest BCUT2D eigenvalue weighted by atomic mass is 35.5. The van der Waals surface area contributed by atoms with Gasteiger partial charge in [0.1, 0.15) is 12.2 Å². The Morgan fingerprint density at radius 3 is 3.07 bits per heavy atom. The minimum absolute atomic E-state index is 0.0709. The molecule has 0 saturated carbocycles. The molecule has 144 valence electrons. The minimum atomic E-state index is 0.0709. The fourth-order valence-corrected chi connectivity index (χ4v) is 4.39. The molecule has 1 amide bonds. The average molecular weight is 397 g/mol. The Morgan fingerprint density at radius 1 is 1.36 bits per heavy atom. The quantitative estimate of drug-likeness (QED) is 0.576. The Labute approximate surface area is 166 Å². The van der Waals surface area contributed by atoms with Gasteiger partial charge < -0.3 is 14.5 Å². The molecule has 1 fully saturated rings. The van der Waals surface area contributed by atoms with Crippen molar-refractivity contribution in [2.75, 3.05) is 13.1 Å². The van der Waals surface area contributed by atoms with E-state index in [0.717, 1.165) is 29.4 Å². The third-order valence-corrected chi connectivity index (χ3v) is 5.98. The maximum atomic E-state index is 12.8. The first-order chi connectivity index (χ1) is 13.6. The number of aromatic amines is 1. The van der Waals surface area contributed by atoms with Crippen molar-refractivity contribution in [3.8, 4) is 0 Å². The van der Waals surface area contributed by atoms with E-state index in [1.165, 1.54) is 5.52 Å². The number of pyridine rings is 1. The smallest absolute Gasteiger partial charge is 0.244 e. The van der Waals surface area contributed by atoms with Gasteiger partial charge in [0.15, 0.2) is 0 Å². The molecule has 0 aliphatic carbocycles. The van der Waals surface area contributed by atoms with Crippen LogP contribution < -0.4 is 0 Å². The van der Waals surface area contributed by atoms with Crippen molar-refractivity contribution in [2.45, 2.75) is 25.9 Å². The Balaban J connectivity index is 1.45. The van der Waals surface area contributed by atoms with Gasteiger partial charge in [0.05, 0.1) is 22.8 Å². The van der Waals surface area contributed by atoms with Gasteiger partial charge in [0.2, 0.25) is 5.91 Å². The van der Waals surface area contributed by atoms with E-state index in [1.807, 2.05) is 17.3 Å². The van der Waals surface area contributed by atoms with E-state index in [9.17, 15) is 4.79 Å². The molecule has 0 aromatic carbocycles. The molecule has 0 bridgehead atoms. The molecule has 2 atom stereocenters. The summed E-state index contributed by atoms with van der Waals surface area (Å²) in [6.45, 7) is 3.94. The van der Waals surface area contributed by atoms with Crippen LogP contribution in [0.3, 0.4) is 0 Å². The number of aromatic nitrogens is 5. The molecule has 1 aliphatic rings. The van der Waals surface area contributed by atoms with Crippen molar-refractivity contribution < 1.29 is 4.79 Å². The largest absolute Gasteiger partial charge is 0.346 e. The Kier molecular flexibility index (Phi) is 4.12. The Morgan fingerprint density at radius 2 is 2.25 bits per heavy atom. The van der Waals surface area contributed by atoms with E-state index in [2.05, 4.69) is 44.9 Å². The summed E-state index contributed by atoms with van der Waals surface area (Å²) in [5, 5.41) is 6.90. The summed E-state index contributed by atoms with van der Waals surface area (Å²) in [4.78, 5) is 22.5. The summed E-state index contributed by atoms with van der Waals surface area (Å²) in [5.41, 5.74) is 2.07. The van der Waals surface area contributed by atoms with E-state index in [1.54, 1.807) is 17.1 Å². The van der Waals surface area contributed by atoms with Gasteiger partial charge in [0.25, 0.3) is 0 Å². The second kappa shape index (κ2) is 6.67. The SMILES string of the molecule is C[C@@H]1CCN(C(=O)Cn2cc(Cl)cn2)C[C@@H]1n1ccc2cnc3[nH]ccc3c21. The van der Waals surface area contributed by atoms with Crippen molar-refractivity contribution >= 4 is 39.4 Å². The van der Waals surface area contributed by atoms with Crippen LogP contribution >= 0.6 is 11.6 Å². The van der Waals surface area contributed by atoms with Crippen molar-refractivity contribution in [3.05, 3.63) is 48.1 Å². The number of amides is 1. The van der Waals surface area contributed by atoms with Crippen LogP contribution in [-0.4, -0.2) is 48.2 Å². The first-order valence-corrected chi connectivity index (χ1v) is 9.86. The molecule has 5 rings (SSSR count). The Hall–Kier alpha value is -2.80. The van der Waals surface area contributed by atoms with Crippen LogP contribution in [0.25, 0.3) is 21.9 Å². The molecular weight excluding hydrogens is 376 g/mol. The zero-order valence-corrected chi connectivity index (χ0v) is 16.3. The molecule has 1 N–H and O–H groups in total. The molecule has 7 nitrogen and oxygen atoms in total. The van der Waals surface area contributed by atoms with Crippen LogP contribution in [-0.2, 0) is 11.3 Å². The van der Waals surface area contributed by atoms with Crippen LogP contribution in [0.4, 0.5) is 0 Å². The second-order valence-electron chi connectivity index (χ2n) is 7.55. The van der Waals surface area contributed by atoms with Crippen molar-refractivity contribution in [2.24, 2.45) is 5.92 Å². The summed E-state index contributed by atoms with van der Waals surface area (Å²) in [5.74, 6) is 0.544. The molecule has 4 aromatic heterocycles. The molecule has 0 radical (unpaired) electrons. The number of hydrogen-bond acceptors (Lipinski definition) is 3.